The molecule has 0 radical (unpaired) electrons. The predicted molar refractivity (Wildman–Crippen MR) is 83.3 cm³/mol. The number of aryl methyl sites for hydroxylation is 1. The third kappa shape index (κ3) is 3.59. The molecule has 0 saturated heterocycles. The Labute approximate surface area is 139 Å². The van der Waals surface area contributed by atoms with Crippen molar-refractivity contribution in [2.75, 3.05) is 0 Å². The number of halogens is 1. The van der Waals surface area contributed by atoms with E-state index in [-0.39, 0.29) is 18.2 Å². The Morgan fingerprint density at radius 2 is 2.04 bits per heavy atom. The van der Waals surface area contributed by atoms with Gasteiger partial charge in [0.25, 0.3) is 5.89 Å². The summed E-state index contributed by atoms with van der Waals surface area (Å²) in [5, 5.41) is 7.81. The number of aromatic nitrogens is 4. The molecular weight excluding hydrogens is 364 g/mol. The van der Waals surface area contributed by atoms with E-state index in [0.717, 1.165) is 15.7 Å². The molecular formula is C15H11BrN4O3. The van der Waals surface area contributed by atoms with E-state index in [2.05, 4.69) is 36.1 Å². The number of carbonyl (C=O) groups is 1. The van der Waals surface area contributed by atoms with Gasteiger partial charge in [0.1, 0.15) is 0 Å². The van der Waals surface area contributed by atoms with Gasteiger partial charge in [-0.15, -0.1) is 10.2 Å². The van der Waals surface area contributed by atoms with Gasteiger partial charge in [0.2, 0.25) is 5.89 Å². The summed E-state index contributed by atoms with van der Waals surface area (Å²) in [5.41, 5.74) is 1.61. The van der Waals surface area contributed by atoms with Crippen molar-refractivity contribution in [3.05, 3.63) is 58.4 Å². The van der Waals surface area contributed by atoms with Gasteiger partial charge in [0.15, 0.2) is 12.3 Å². The second-order valence-electron chi connectivity index (χ2n) is 4.60. The predicted octanol–water partition coefficient (Wildman–Crippen LogP) is 2.95. The van der Waals surface area contributed by atoms with E-state index < -0.39 is 5.97 Å². The highest BCUT2D eigenvalue weighted by atomic mass is 79.9. The van der Waals surface area contributed by atoms with Crippen LogP contribution < -0.4 is 0 Å². The zero-order valence-corrected chi connectivity index (χ0v) is 13.6. The molecule has 2 aromatic heterocycles. The Morgan fingerprint density at radius 1 is 1.22 bits per heavy atom. The molecule has 0 aliphatic rings. The number of ether oxygens (including phenoxy) is 1. The first kappa shape index (κ1) is 15.3. The Hall–Kier alpha value is -2.61. The topological polar surface area (TPSA) is 91.0 Å². The Bertz CT molecular complexity index is 833. The van der Waals surface area contributed by atoms with Crippen LogP contribution in [-0.2, 0) is 11.3 Å². The maximum absolute atomic E-state index is 11.8. The number of hydrogen-bond donors (Lipinski definition) is 0. The SMILES string of the molecule is Cc1cnc(C(=O)OCc2nnc(-c3ccccc3Br)o2)cn1. The summed E-state index contributed by atoms with van der Waals surface area (Å²) in [6.07, 6.45) is 2.85. The van der Waals surface area contributed by atoms with Gasteiger partial charge in [-0.1, -0.05) is 12.1 Å². The quantitative estimate of drug-likeness (QED) is 0.648. The van der Waals surface area contributed by atoms with E-state index in [1.165, 1.54) is 12.4 Å². The van der Waals surface area contributed by atoms with Crippen LogP contribution in [0.3, 0.4) is 0 Å². The Morgan fingerprint density at radius 3 is 2.78 bits per heavy atom. The first-order chi connectivity index (χ1) is 11.1. The molecule has 0 amide bonds. The summed E-state index contributed by atoms with van der Waals surface area (Å²) >= 11 is 3.41. The second-order valence-corrected chi connectivity index (χ2v) is 5.45. The van der Waals surface area contributed by atoms with Crippen LogP contribution in [0.5, 0.6) is 0 Å². The number of rotatable bonds is 4. The van der Waals surface area contributed by atoms with Crippen molar-refractivity contribution in [3.8, 4) is 11.5 Å². The highest BCUT2D eigenvalue weighted by molar-refractivity contribution is 9.10. The lowest BCUT2D eigenvalue weighted by Crippen LogP contribution is -2.08. The molecule has 0 saturated carbocycles. The van der Waals surface area contributed by atoms with E-state index in [0.29, 0.717) is 5.89 Å². The van der Waals surface area contributed by atoms with Crippen molar-refractivity contribution >= 4 is 21.9 Å². The maximum atomic E-state index is 11.8. The molecule has 0 spiro atoms. The number of benzene rings is 1. The van der Waals surface area contributed by atoms with Gasteiger partial charge in [-0.3, -0.25) is 4.98 Å². The fourth-order valence-corrected chi connectivity index (χ4v) is 2.21. The molecule has 8 heteroatoms. The van der Waals surface area contributed by atoms with Crippen LogP contribution in [0.1, 0.15) is 22.1 Å². The van der Waals surface area contributed by atoms with E-state index in [1.54, 1.807) is 6.92 Å². The van der Waals surface area contributed by atoms with Gasteiger partial charge < -0.3 is 9.15 Å². The first-order valence-electron chi connectivity index (χ1n) is 6.66. The number of carbonyl (C=O) groups excluding carboxylic acids is 1. The minimum atomic E-state index is -0.599. The lowest BCUT2D eigenvalue weighted by Gasteiger charge is -2.01. The van der Waals surface area contributed by atoms with Crippen LogP contribution >= 0.6 is 15.9 Å². The number of hydrogen-bond acceptors (Lipinski definition) is 7. The van der Waals surface area contributed by atoms with Crippen molar-refractivity contribution in [3.63, 3.8) is 0 Å². The lowest BCUT2D eigenvalue weighted by atomic mass is 10.2. The molecule has 0 aliphatic heterocycles. The van der Waals surface area contributed by atoms with Crippen LogP contribution in [0.25, 0.3) is 11.5 Å². The van der Waals surface area contributed by atoms with E-state index in [4.69, 9.17) is 9.15 Å². The maximum Gasteiger partial charge on any atom is 0.359 e. The lowest BCUT2D eigenvalue weighted by molar-refractivity contribution is 0.0431. The highest BCUT2D eigenvalue weighted by Crippen LogP contribution is 2.26. The molecule has 7 nitrogen and oxygen atoms in total. The summed E-state index contributed by atoms with van der Waals surface area (Å²) in [6.45, 7) is 1.65. The van der Waals surface area contributed by atoms with E-state index in [1.807, 2.05) is 24.3 Å². The van der Waals surface area contributed by atoms with Crippen molar-refractivity contribution in [2.24, 2.45) is 0 Å². The monoisotopic (exact) mass is 374 g/mol. The van der Waals surface area contributed by atoms with E-state index >= 15 is 0 Å². The largest absolute Gasteiger partial charge is 0.451 e. The molecule has 0 atom stereocenters. The summed E-state index contributed by atoms with van der Waals surface area (Å²) in [5.74, 6) is -0.0547. The smallest absolute Gasteiger partial charge is 0.359 e. The summed E-state index contributed by atoms with van der Waals surface area (Å²) < 4.78 is 11.4. The van der Waals surface area contributed by atoms with Gasteiger partial charge in [-0.05, 0) is 35.0 Å². The molecule has 1 aromatic carbocycles. The van der Waals surface area contributed by atoms with Gasteiger partial charge in [-0.2, -0.15) is 0 Å². The summed E-state index contributed by atoms with van der Waals surface area (Å²) in [6, 6.07) is 7.46. The van der Waals surface area contributed by atoms with Crippen molar-refractivity contribution in [1.82, 2.24) is 20.2 Å². The number of nitrogens with zero attached hydrogens (tertiary/aromatic N) is 4. The van der Waals surface area contributed by atoms with Gasteiger partial charge in [0, 0.05) is 10.7 Å². The average Bonchev–Trinajstić information content (AvgIpc) is 3.02. The van der Waals surface area contributed by atoms with Crippen LogP contribution in [0, 0.1) is 6.92 Å². The molecule has 0 bridgehead atoms. The standard InChI is InChI=1S/C15H11BrN4O3/c1-9-6-18-12(7-17-9)15(21)22-8-13-19-20-14(23-13)10-4-2-3-5-11(10)16/h2-7H,8H2,1H3. The molecule has 0 unspecified atom stereocenters. The third-order valence-corrected chi connectivity index (χ3v) is 3.58. The molecule has 2 heterocycles. The molecule has 0 N–H and O–H groups in total. The zero-order chi connectivity index (χ0) is 16.2. The molecule has 0 aliphatic carbocycles. The van der Waals surface area contributed by atoms with Crippen LogP contribution in [-0.4, -0.2) is 26.1 Å². The summed E-state index contributed by atoms with van der Waals surface area (Å²) in [4.78, 5) is 19.8. The molecule has 3 aromatic rings. The molecule has 0 fully saturated rings. The number of esters is 1. The first-order valence-corrected chi connectivity index (χ1v) is 7.46. The Balaban J connectivity index is 1.67. The van der Waals surface area contributed by atoms with Gasteiger partial charge >= 0.3 is 5.97 Å². The Kier molecular flexibility index (Phi) is 4.42. The highest BCUT2D eigenvalue weighted by Gasteiger charge is 2.14. The van der Waals surface area contributed by atoms with Crippen LogP contribution in [0.2, 0.25) is 0 Å². The second kappa shape index (κ2) is 6.66. The molecule has 3 rings (SSSR count). The normalized spacial score (nSPS) is 10.5. The zero-order valence-electron chi connectivity index (χ0n) is 12.1. The minimum Gasteiger partial charge on any atom is -0.451 e. The molecule has 23 heavy (non-hydrogen) atoms. The third-order valence-electron chi connectivity index (χ3n) is 2.89. The van der Waals surface area contributed by atoms with Crippen molar-refractivity contribution < 1.29 is 13.9 Å². The minimum absolute atomic E-state index is 0.126. The average molecular weight is 375 g/mol. The molecule has 116 valence electrons. The summed E-state index contributed by atoms with van der Waals surface area (Å²) in [7, 11) is 0. The van der Waals surface area contributed by atoms with Crippen molar-refractivity contribution in [2.45, 2.75) is 13.5 Å². The fourth-order valence-electron chi connectivity index (χ4n) is 1.75. The van der Waals surface area contributed by atoms with Crippen molar-refractivity contribution in [1.29, 1.82) is 0 Å². The van der Waals surface area contributed by atoms with Gasteiger partial charge in [0.05, 0.1) is 17.5 Å². The van der Waals surface area contributed by atoms with E-state index in [9.17, 15) is 4.79 Å². The van der Waals surface area contributed by atoms with Crippen LogP contribution in [0.15, 0.2) is 45.5 Å². The fraction of sp³-hybridized carbons (Fsp3) is 0.133. The van der Waals surface area contributed by atoms with Gasteiger partial charge in [-0.25, -0.2) is 9.78 Å². The van der Waals surface area contributed by atoms with Crippen LogP contribution in [0.4, 0.5) is 0 Å².